The van der Waals surface area contributed by atoms with Crippen molar-refractivity contribution in [1.29, 1.82) is 0 Å². The number of nitrogens with zero attached hydrogens (tertiary/aromatic N) is 2. The number of halogens is 1. The highest BCUT2D eigenvalue weighted by atomic mass is 35.5. The summed E-state index contributed by atoms with van der Waals surface area (Å²) in [6.45, 7) is 2.39. The Hall–Kier alpha value is -2.92. The predicted octanol–water partition coefficient (Wildman–Crippen LogP) is 4.11. The Kier molecular flexibility index (Phi) is 5.26. The van der Waals surface area contributed by atoms with Crippen LogP contribution in [0.25, 0.3) is 0 Å². The zero-order chi connectivity index (χ0) is 17.6. The van der Waals surface area contributed by atoms with E-state index in [1.165, 1.54) is 6.33 Å². The maximum absolute atomic E-state index is 12.3. The third-order valence-electron chi connectivity index (χ3n) is 3.65. The number of hydrogen-bond acceptors (Lipinski definition) is 4. The maximum atomic E-state index is 12.3. The van der Waals surface area contributed by atoms with E-state index in [4.69, 9.17) is 11.6 Å². The standard InChI is InChI=1S/C19H17ClN4O/c1-13-9-15(20)7-8-16(13)24-18-10-17(22-12-23-18)19(25)21-11-14-5-3-2-4-6-14/h2-10,12H,11H2,1H3,(H,21,25)(H,22,23,24). The van der Waals surface area contributed by atoms with Crippen LogP contribution in [-0.2, 0) is 6.54 Å². The van der Waals surface area contributed by atoms with Crippen molar-refractivity contribution in [3.8, 4) is 0 Å². The zero-order valence-corrected chi connectivity index (χ0v) is 14.4. The van der Waals surface area contributed by atoms with Crippen molar-refractivity contribution in [1.82, 2.24) is 15.3 Å². The van der Waals surface area contributed by atoms with Gasteiger partial charge >= 0.3 is 0 Å². The van der Waals surface area contributed by atoms with E-state index in [9.17, 15) is 4.79 Å². The van der Waals surface area contributed by atoms with Gasteiger partial charge in [0.25, 0.3) is 5.91 Å². The number of rotatable bonds is 5. The van der Waals surface area contributed by atoms with Gasteiger partial charge in [-0.05, 0) is 36.2 Å². The molecule has 0 aliphatic rings. The summed E-state index contributed by atoms with van der Waals surface area (Å²) in [6, 6.07) is 16.9. The summed E-state index contributed by atoms with van der Waals surface area (Å²) in [5.74, 6) is 0.299. The molecule has 0 aliphatic heterocycles. The highest BCUT2D eigenvalue weighted by Gasteiger charge is 2.09. The Morgan fingerprint density at radius 3 is 2.64 bits per heavy atom. The van der Waals surface area contributed by atoms with Crippen molar-refractivity contribution in [2.75, 3.05) is 5.32 Å². The molecule has 1 heterocycles. The maximum Gasteiger partial charge on any atom is 0.270 e. The number of hydrogen-bond donors (Lipinski definition) is 2. The number of amides is 1. The molecule has 3 rings (SSSR count). The van der Waals surface area contributed by atoms with Crippen molar-refractivity contribution in [2.45, 2.75) is 13.5 Å². The van der Waals surface area contributed by atoms with Gasteiger partial charge in [0.15, 0.2) is 0 Å². The second-order valence-corrected chi connectivity index (χ2v) is 5.98. The third-order valence-corrected chi connectivity index (χ3v) is 3.88. The first-order valence-corrected chi connectivity index (χ1v) is 8.17. The molecule has 0 fully saturated rings. The van der Waals surface area contributed by atoms with E-state index in [1.807, 2.05) is 49.4 Å². The molecule has 0 unspecified atom stereocenters. The van der Waals surface area contributed by atoms with Gasteiger partial charge in [-0.2, -0.15) is 0 Å². The van der Waals surface area contributed by atoms with Crippen LogP contribution in [0.1, 0.15) is 21.6 Å². The summed E-state index contributed by atoms with van der Waals surface area (Å²) in [6.07, 6.45) is 1.37. The van der Waals surface area contributed by atoms with Gasteiger partial charge in [0.05, 0.1) is 0 Å². The lowest BCUT2D eigenvalue weighted by molar-refractivity contribution is 0.0946. The van der Waals surface area contributed by atoms with Crippen molar-refractivity contribution in [2.24, 2.45) is 0 Å². The molecule has 3 aromatic rings. The van der Waals surface area contributed by atoms with Crippen molar-refractivity contribution in [3.05, 3.63) is 82.8 Å². The molecule has 1 amide bonds. The number of carbonyl (C=O) groups is 1. The molecule has 0 spiro atoms. The second kappa shape index (κ2) is 7.77. The number of aromatic nitrogens is 2. The molecule has 2 N–H and O–H groups in total. The number of carbonyl (C=O) groups excluding carboxylic acids is 1. The van der Waals surface area contributed by atoms with Gasteiger partial charge in [0.1, 0.15) is 17.8 Å². The Labute approximate surface area is 151 Å². The molecule has 25 heavy (non-hydrogen) atoms. The van der Waals surface area contributed by atoms with Crippen molar-refractivity contribution < 1.29 is 4.79 Å². The van der Waals surface area contributed by atoms with Crippen LogP contribution in [0.4, 0.5) is 11.5 Å². The molecule has 0 atom stereocenters. The van der Waals surface area contributed by atoms with E-state index in [0.717, 1.165) is 16.8 Å². The quantitative estimate of drug-likeness (QED) is 0.725. The average Bonchev–Trinajstić information content (AvgIpc) is 2.63. The molecule has 2 aromatic carbocycles. The van der Waals surface area contributed by atoms with Crippen LogP contribution in [0.5, 0.6) is 0 Å². The number of benzene rings is 2. The summed E-state index contributed by atoms with van der Waals surface area (Å²) in [4.78, 5) is 20.5. The van der Waals surface area contributed by atoms with E-state index in [2.05, 4.69) is 20.6 Å². The molecule has 5 nitrogen and oxygen atoms in total. The third kappa shape index (κ3) is 4.55. The van der Waals surface area contributed by atoms with Crippen LogP contribution >= 0.6 is 11.6 Å². The summed E-state index contributed by atoms with van der Waals surface area (Å²) >= 11 is 5.97. The Morgan fingerprint density at radius 1 is 1.08 bits per heavy atom. The SMILES string of the molecule is Cc1cc(Cl)ccc1Nc1cc(C(=O)NCc2ccccc2)ncn1. The van der Waals surface area contributed by atoms with Crippen LogP contribution in [0.2, 0.25) is 5.02 Å². The fraction of sp³-hybridized carbons (Fsp3) is 0.105. The van der Waals surface area contributed by atoms with Crippen LogP contribution in [0.15, 0.2) is 60.9 Å². The molecule has 126 valence electrons. The Balaban J connectivity index is 1.69. The van der Waals surface area contributed by atoms with Gasteiger partial charge in [-0.1, -0.05) is 41.9 Å². The summed E-state index contributed by atoms with van der Waals surface area (Å²) in [7, 11) is 0. The van der Waals surface area contributed by atoms with Gasteiger partial charge in [-0.3, -0.25) is 4.79 Å². The molecule has 1 aromatic heterocycles. The van der Waals surface area contributed by atoms with Gasteiger partial charge < -0.3 is 10.6 Å². The average molecular weight is 353 g/mol. The molecular weight excluding hydrogens is 336 g/mol. The van der Waals surface area contributed by atoms with E-state index in [1.54, 1.807) is 12.1 Å². The molecule has 0 saturated heterocycles. The largest absolute Gasteiger partial charge is 0.347 e. The first kappa shape index (κ1) is 16.9. The molecule has 0 bridgehead atoms. The lowest BCUT2D eigenvalue weighted by Crippen LogP contribution is -2.24. The van der Waals surface area contributed by atoms with Gasteiger partial charge in [-0.15, -0.1) is 0 Å². The van der Waals surface area contributed by atoms with Gasteiger partial charge in [0, 0.05) is 23.3 Å². The summed E-state index contributed by atoms with van der Waals surface area (Å²) in [5, 5.41) is 6.70. The number of nitrogens with one attached hydrogen (secondary N) is 2. The zero-order valence-electron chi connectivity index (χ0n) is 13.7. The summed E-state index contributed by atoms with van der Waals surface area (Å²) in [5.41, 5.74) is 3.19. The van der Waals surface area contributed by atoms with Crippen LogP contribution in [0, 0.1) is 6.92 Å². The van der Waals surface area contributed by atoms with Crippen molar-refractivity contribution in [3.63, 3.8) is 0 Å². The summed E-state index contributed by atoms with van der Waals surface area (Å²) < 4.78 is 0. The normalized spacial score (nSPS) is 10.3. The first-order valence-electron chi connectivity index (χ1n) is 7.79. The minimum atomic E-state index is -0.248. The topological polar surface area (TPSA) is 66.9 Å². The monoisotopic (exact) mass is 352 g/mol. The smallest absolute Gasteiger partial charge is 0.270 e. The number of aryl methyl sites for hydroxylation is 1. The van der Waals surface area contributed by atoms with E-state index < -0.39 is 0 Å². The lowest BCUT2D eigenvalue weighted by atomic mass is 10.2. The Bertz CT molecular complexity index is 884. The fourth-order valence-corrected chi connectivity index (χ4v) is 2.55. The highest BCUT2D eigenvalue weighted by molar-refractivity contribution is 6.30. The molecule has 6 heteroatoms. The molecule has 0 saturated carbocycles. The number of anilines is 2. The van der Waals surface area contributed by atoms with Gasteiger partial charge in [-0.25, -0.2) is 9.97 Å². The van der Waals surface area contributed by atoms with Crippen LogP contribution in [-0.4, -0.2) is 15.9 Å². The van der Waals surface area contributed by atoms with Crippen LogP contribution < -0.4 is 10.6 Å². The minimum absolute atomic E-state index is 0.248. The van der Waals surface area contributed by atoms with E-state index in [-0.39, 0.29) is 5.91 Å². The Morgan fingerprint density at radius 2 is 1.88 bits per heavy atom. The highest BCUT2D eigenvalue weighted by Crippen LogP contribution is 2.22. The van der Waals surface area contributed by atoms with E-state index in [0.29, 0.717) is 23.1 Å². The predicted molar refractivity (Wildman–Crippen MR) is 99.1 cm³/mol. The molecule has 0 aliphatic carbocycles. The lowest BCUT2D eigenvalue weighted by Gasteiger charge is -2.10. The van der Waals surface area contributed by atoms with E-state index >= 15 is 0 Å². The first-order chi connectivity index (χ1) is 12.1. The van der Waals surface area contributed by atoms with Crippen molar-refractivity contribution >= 4 is 29.0 Å². The van der Waals surface area contributed by atoms with Crippen LogP contribution in [0.3, 0.4) is 0 Å². The fourth-order valence-electron chi connectivity index (χ4n) is 2.32. The second-order valence-electron chi connectivity index (χ2n) is 5.54. The molecule has 0 radical (unpaired) electrons. The van der Waals surface area contributed by atoms with Gasteiger partial charge in [0.2, 0.25) is 0 Å². The molecular formula is C19H17ClN4O. The minimum Gasteiger partial charge on any atom is -0.347 e.